The molecule has 0 spiro atoms. The summed E-state index contributed by atoms with van der Waals surface area (Å²) in [4.78, 5) is 14.7. The van der Waals surface area contributed by atoms with Gasteiger partial charge < -0.3 is 26.3 Å². The van der Waals surface area contributed by atoms with Crippen molar-refractivity contribution in [2.75, 3.05) is 37.6 Å². The van der Waals surface area contributed by atoms with Crippen LogP contribution >= 0.6 is 81.9 Å². The molecule has 14 nitrogen and oxygen atoms in total. The molecule has 5 N–H and O–H groups in total. The van der Waals surface area contributed by atoms with Gasteiger partial charge in [0.15, 0.2) is 23.3 Å². The molecule has 312 valence electrons. The second kappa shape index (κ2) is 23.2. The minimum absolute atomic E-state index is 0. The molecule has 0 atom stereocenters. The molecule has 4 aromatic rings. The number of hydrogen-bond donors (Lipinski definition) is 3. The number of nitrogens with zero attached hydrogens (tertiary/aromatic N) is 5. The van der Waals surface area contributed by atoms with Crippen LogP contribution in [0.1, 0.15) is 33.1 Å². The minimum Gasteiger partial charge on any atom is -0.460 e. The molecule has 25 heteroatoms. The molecule has 0 aliphatic carbocycles. The lowest BCUT2D eigenvalue weighted by Gasteiger charge is -2.31. The van der Waals surface area contributed by atoms with E-state index in [4.69, 9.17) is 78.0 Å². The standard InChI is InChI=1S/C15H15Cl2FN4O3S.C9H13FN4O.C6H3Cl3O2S.CH4.2ClH/c16-10-2-1-3-12(13(10)17)26(23,24)22-6-4-9(5-7-22)25-15-20-8-11(18)14(19)21-15;10-7-5-13-9(14-8(7)11)15-6-1-3-12-4-2-6;7-4-2-1-3-5(6(4)8)12(9,10)11;;;/h1-3,8-9H,4-7H2,(H2,19,20,21);5-6,12H,1-4H2,(H2,11,13,14);1-3H;1H4;2*1H. The first-order valence-corrected chi connectivity index (χ1v) is 20.7. The van der Waals surface area contributed by atoms with Gasteiger partial charge in [-0.25, -0.2) is 35.6 Å². The number of aromatic nitrogens is 4. The molecule has 6 rings (SSSR count). The van der Waals surface area contributed by atoms with Crippen LogP contribution in [-0.4, -0.2) is 79.5 Å². The zero-order valence-electron chi connectivity index (χ0n) is 28.0. The van der Waals surface area contributed by atoms with Crippen molar-refractivity contribution >= 4 is 113 Å². The molecule has 2 aliphatic heterocycles. The number of rotatable bonds is 7. The average molecular weight is 968 g/mol. The van der Waals surface area contributed by atoms with Crippen molar-refractivity contribution in [3.8, 4) is 12.0 Å². The number of nitrogens with one attached hydrogen (secondary N) is 1. The van der Waals surface area contributed by atoms with E-state index < -0.39 is 30.7 Å². The third-order valence-electron chi connectivity index (χ3n) is 7.44. The molecule has 2 aromatic carbocycles. The number of benzene rings is 2. The van der Waals surface area contributed by atoms with E-state index >= 15 is 0 Å². The Labute approximate surface area is 360 Å². The Morgan fingerprint density at radius 1 is 0.714 bits per heavy atom. The molecule has 0 unspecified atom stereocenters. The number of sulfonamides is 1. The zero-order chi connectivity index (χ0) is 38.9. The number of nitrogen functional groups attached to an aromatic ring is 2. The van der Waals surface area contributed by atoms with Crippen molar-refractivity contribution in [3.63, 3.8) is 0 Å². The lowest BCUT2D eigenvalue weighted by atomic mass is 10.1. The molecule has 4 heterocycles. The van der Waals surface area contributed by atoms with Crippen LogP contribution in [-0.2, 0) is 19.1 Å². The number of halogens is 9. The fourth-order valence-electron chi connectivity index (χ4n) is 4.74. The summed E-state index contributed by atoms with van der Waals surface area (Å²) in [6.07, 6.45) is 4.38. The second-order valence-corrected chi connectivity index (χ2v) is 17.1. The summed E-state index contributed by atoms with van der Waals surface area (Å²) in [5, 5.41) is 3.51. The summed E-state index contributed by atoms with van der Waals surface area (Å²) < 4.78 is 85.4. The Hall–Kier alpha value is -2.49. The molecule has 0 saturated carbocycles. The molecule has 2 saturated heterocycles. The van der Waals surface area contributed by atoms with Gasteiger partial charge in [0.05, 0.1) is 32.5 Å². The zero-order valence-corrected chi connectivity index (χ0v) is 35.1. The predicted molar refractivity (Wildman–Crippen MR) is 219 cm³/mol. The summed E-state index contributed by atoms with van der Waals surface area (Å²) in [5.74, 6) is -1.82. The van der Waals surface area contributed by atoms with Gasteiger partial charge in [-0.1, -0.05) is 66.0 Å². The average Bonchev–Trinajstić information content (AvgIpc) is 3.11. The fourth-order valence-corrected chi connectivity index (χ4v) is 8.67. The molecule has 0 amide bonds. The first-order valence-electron chi connectivity index (χ1n) is 15.4. The van der Waals surface area contributed by atoms with Crippen LogP contribution in [0, 0.1) is 11.6 Å². The SMILES string of the molecule is C.Cl.Cl.Nc1nc(OC2CCN(S(=O)(=O)c3cccc(Cl)c3Cl)CC2)ncc1F.Nc1nc(OC2CCNCC2)ncc1F.O=S(=O)(Cl)c1cccc(Cl)c1Cl. The Kier molecular flexibility index (Phi) is 21.3. The maximum atomic E-state index is 13.1. The molecule has 2 aromatic heterocycles. The Bertz CT molecular complexity index is 2120. The Morgan fingerprint density at radius 2 is 1.12 bits per heavy atom. The predicted octanol–water partition coefficient (Wildman–Crippen LogP) is 7.47. The summed E-state index contributed by atoms with van der Waals surface area (Å²) in [6, 6.07) is 8.82. The maximum Gasteiger partial charge on any atom is 0.318 e. The van der Waals surface area contributed by atoms with Crippen LogP contribution in [0.25, 0.3) is 0 Å². The molecule has 56 heavy (non-hydrogen) atoms. The monoisotopic (exact) mass is 964 g/mol. The number of piperidine rings is 2. The van der Waals surface area contributed by atoms with E-state index in [0.717, 1.165) is 38.3 Å². The quantitative estimate of drug-likeness (QED) is 0.154. The van der Waals surface area contributed by atoms with E-state index in [-0.39, 0.29) is 111 Å². The van der Waals surface area contributed by atoms with Crippen LogP contribution in [0.3, 0.4) is 0 Å². The highest BCUT2D eigenvalue weighted by atomic mass is 35.7. The molecule has 2 aliphatic rings. The largest absolute Gasteiger partial charge is 0.460 e. The third kappa shape index (κ3) is 14.4. The van der Waals surface area contributed by atoms with Crippen LogP contribution < -0.4 is 26.3 Å². The van der Waals surface area contributed by atoms with E-state index in [1.807, 2.05) is 0 Å². The first-order chi connectivity index (χ1) is 25.0. The summed E-state index contributed by atoms with van der Waals surface area (Å²) in [7, 11) is -2.50. The van der Waals surface area contributed by atoms with Gasteiger partial charge >= 0.3 is 12.0 Å². The van der Waals surface area contributed by atoms with Crippen molar-refractivity contribution in [3.05, 3.63) is 80.5 Å². The van der Waals surface area contributed by atoms with E-state index in [9.17, 15) is 25.6 Å². The van der Waals surface area contributed by atoms with Crippen molar-refractivity contribution in [2.24, 2.45) is 0 Å². The van der Waals surface area contributed by atoms with Gasteiger partial charge in [-0.2, -0.15) is 14.3 Å². The summed E-state index contributed by atoms with van der Waals surface area (Å²) >= 11 is 23.1. The molecule has 0 bridgehead atoms. The van der Waals surface area contributed by atoms with Crippen LogP contribution in [0.15, 0.2) is 58.6 Å². The van der Waals surface area contributed by atoms with Gasteiger partial charge in [0.1, 0.15) is 22.0 Å². The third-order valence-corrected chi connectivity index (χ3v) is 12.6. The van der Waals surface area contributed by atoms with Gasteiger partial charge in [0.25, 0.3) is 9.05 Å². The van der Waals surface area contributed by atoms with Crippen molar-refractivity contribution in [2.45, 2.75) is 55.1 Å². The van der Waals surface area contributed by atoms with Crippen LogP contribution in [0.5, 0.6) is 12.0 Å². The first kappa shape index (κ1) is 51.5. The van der Waals surface area contributed by atoms with Crippen molar-refractivity contribution in [1.29, 1.82) is 0 Å². The topological polar surface area (TPSA) is 206 Å². The highest BCUT2D eigenvalue weighted by Crippen LogP contribution is 2.33. The highest BCUT2D eigenvalue weighted by Gasteiger charge is 2.32. The van der Waals surface area contributed by atoms with Crippen molar-refractivity contribution < 1.29 is 35.1 Å². The highest BCUT2D eigenvalue weighted by molar-refractivity contribution is 8.13. The van der Waals surface area contributed by atoms with Gasteiger partial charge in [-0.05, 0) is 63.0 Å². The molecular formula is C31H37Cl7F2N8O6S2. The number of ether oxygens (including phenoxy) is 2. The van der Waals surface area contributed by atoms with Gasteiger partial charge in [-0.15, -0.1) is 24.8 Å². The molecule has 2 fully saturated rings. The number of nitrogens with two attached hydrogens (primary N) is 2. The van der Waals surface area contributed by atoms with E-state index in [2.05, 4.69) is 25.3 Å². The van der Waals surface area contributed by atoms with Crippen molar-refractivity contribution in [1.82, 2.24) is 29.6 Å². The van der Waals surface area contributed by atoms with Gasteiger partial charge in [-0.3, -0.25) is 0 Å². The molecular weight excluding hydrogens is 931 g/mol. The Morgan fingerprint density at radius 3 is 1.54 bits per heavy atom. The van der Waals surface area contributed by atoms with Crippen LogP contribution in [0.4, 0.5) is 20.4 Å². The number of anilines is 2. The normalized spacial score (nSPS) is 14.9. The van der Waals surface area contributed by atoms with Gasteiger partial charge in [0, 0.05) is 23.8 Å². The van der Waals surface area contributed by atoms with E-state index in [1.54, 1.807) is 0 Å². The maximum absolute atomic E-state index is 13.1. The summed E-state index contributed by atoms with van der Waals surface area (Å²) in [5.41, 5.74) is 10.7. The fraction of sp³-hybridized carbons (Fsp3) is 0.355. The number of hydrogen-bond acceptors (Lipinski definition) is 13. The Balaban J connectivity index is 0.000000447. The molecule has 0 radical (unpaired) electrons. The summed E-state index contributed by atoms with van der Waals surface area (Å²) in [6.45, 7) is 2.29. The minimum atomic E-state index is -3.80. The smallest absolute Gasteiger partial charge is 0.318 e. The van der Waals surface area contributed by atoms with Gasteiger partial charge in [0.2, 0.25) is 10.0 Å². The lowest BCUT2D eigenvalue weighted by molar-refractivity contribution is 0.124. The van der Waals surface area contributed by atoms with E-state index in [1.165, 1.54) is 40.7 Å². The lowest BCUT2D eigenvalue weighted by Crippen LogP contribution is -2.42. The second-order valence-electron chi connectivity index (χ2n) is 11.1. The van der Waals surface area contributed by atoms with E-state index in [0.29, 0.717) is 12.8 Å². The van der Waals surface area contributed by atoms with Crippen LogP contribution in [0.2, 0.25) is 20.1 Å².